The van der Waals surface area contributed by atoms with Gasteiger partial charge in [-0.3, -0.25) is 0 Å². The molecule has 1 aliphatic heterocycles. The van der Waals surface area contributed by atoms with E-state index in [1.165, 1.54) is 49.8 Å². The van der Waals surface area contributed by atoms with E-state index in [0.717, 1.165) is 19.6 Å². The molecule has 1 spiro atoms. The van der Waals surface area contributed by atoms with Crippen molar-refractivity contribution in [3.8, 4) is 0 Å². The number of ether oxygens (including phenoxy) is 2. The van der Waals surface area contributed by atoms with Crippen LogP contribution in [0.2, 0.25) is 0 Å². The largest absolute Gasteiger partial charge is 0.384 e. The Morgan fingerprint density at radius 1 is 1.24 bits per heavy atom. The summed E-state index contributed by atoms with van der Waals surface area (Å²) in [5, 5.41) is 3.59. The fraction of sp³-hybridized carbons (Fsp3) is 0.667. The molecule has 3 nitrogen and oxygen atoms in total. The predicted molar refractivity (Wildman–Crippen MR) is 85.8 cm³/mol. The normalized spacial score (nSPS) is 23.8. The van der Waals surface area contributed by atoms with Crippen LogP contribution in [0.15, 0.2) is 24.3 Å². The number of para-hydroxylation sites is 1. The van der Waals surface area contributed by atoms with Crippen molar-refractivity contribution in [3.63, 3.8) is 0 Å². The summed E-state index contributed by atoms with van der Waals surface area (Å²) in [5.74, 6) is 0. The van der Waals surface area contributed by atoms with E-state index in [2.05, 4.69) is 29.6 Å². The van der Waals surface area contributed by atoms with Gasteiger partial charge in [-0.1, -0.05) is 31.0 Å². The molecule has 3 heteroatoms. The van der Waals surface area contributed by atoms with Crippen molar-refractivity contribution >= 4 is 5.69 Å². The average molecular weight is 289 g/mol. The number of benzene rings is 1. The quantitative estimate of drug-likeness (QED) is 0.864. The van der Waals surface area contributed by atoms with Crippen molar-refractivity contribution in [2.75, 3.05) is 25.6 Å². The number of hydrogen-bond acceptors (Lipinski definition) is 3. The summed E-state index contributed by atoms with van der Waals surface area (Å²) in [6, 6.07) is 8.52. The van der Waals surface area contributed by atoms with Crippen LogP contribution in [0, 0.1) is 0 Å². The van der Waals surface area contributed by atoms with E-state index >= 15 is 0 Å². The Bertz CT molecular complexity index is 454. The number of rotatable bonds is 6. The Labute approximate surface area is 128 Å². The molecule has 0 radical (unpaired) electrons. The first-order valence-electron chi connectivity index (χ1n) is 8.30. The van der Waals surface area contributed by atoms with Crippen LogP contribution in [-0.2, 0) is 15.9 Å². The van der Waals surface area contributed by atoms with Crippen molar-refractivity contribution in [2.24, 2.45) is 0 Å². The topological polar surface area (TPSA) is 30.5 Å². The molecule has 2 aliphatic rings. The summed E-state index contributed by atoms with van der Waals surface area (Å²) in [7, 11) is 1.75. The van der Waals surface area contributed by atoms with Gasteiger partial charge in [-0.05, 0) is 43.7 Å². The first-order valence-corrected chi connectivity index (χ1v) is 8.30. The molecule has 1 N–H and O–H groups in total. The van der Waals surface area contributed by atoms with E-state index in [4.69, 9.17) is 9.47 Å². The molecule has 1 saturated carbocycles. The maximum absolute atomic E-state index is 6.37. The van der Waals surface area contributed by atoms with Gasteiger partial charge in [0, 0.05) is 19.3 Å². The van der Waals surface area contributed by atoms with Gasteiger partial charge in [0.25, 0.3) is 0 Å². The van der Waals surface area contributed by atoms with Gasteiger partial charge in [0.05, 0.1) is 18.3 Å². The average Bonchev–Trinajstić information content (AvgIpc) is 3.14. The Morgan fingerprint density at radius 3 is 2.86 bits per heavy atom. The highest BCUT2D eigenvalue weighted by Crippen LogP contribution is 2.43. The molecule has 0 aromatic heterocycles. The van der Waals surface area contributed by atoms with Crippen LogP contribution in [0.1, 0.15) is 44.1 Å². The summed E-state index contributed by atoms with van der Waals surface area (Å²) in [6.45, 7) is 1.69. The minimum Gasteiger partial charge on any atom is -0.384 e. The first kappa shape index (κ1) is 14.9. The van der Waals surface area contributed by atoms with E-state index in [1.54, 1.807) is 7.11 Å². The van der Waals surface area contributed by atoms with Crippen molar-refractivity contribution in [3.05, 3.63) is 29.8 Å². The lowest BCUT2D eigenvalue weighted by Crippen LogP contribution is -2.28. The monoisotopic (exact) mass is 289 g/mol. The second-order valence-corrected chi connectivity index (χ2v) is 6.45. The van der Waals surface area contributed by atoms with Crippen LogP contribution in [0.4, 0.5) is 5.69 Å². The van der Waals surface area contributed by atoms with Gasteiger partial charge < -0.3 is 14.8 Å². The Hall–Kier alpha value is -1.06. The summed E-state index contributed by atoms with van der Waals surface area (Å²) in [4.78, 5) is 0. The third kappa shape index (κ3) is 3.58. The minimum atomic E-state index is 0.238. The SMILES string of the molecule is COCCc1ccccc1NCC1CCC2(CCCC2)O1. The lowest BCUT2D eigenvalue weighted by atomic mass is 9.98. The van der Waals surface area contributed by atoms with E-state index in [-0.39, 0.29) is 5.60 Å². The molecule has 3 rings (SSSR count). The van der Waals surface area contributed by atoms with Gasteiger partial charge in [-0.25, -0.2) is 0 Å². The van der Waals surface area contributed by atoms with Crippen molar-refractivity contribution < 1.29 is 9.47 Å². The predicted octanol–water partition coefficient (Wildman–Crippen LogP) is 3.78. The van der Waals surface area contributed by atoms with Gasteiger partial charge >= 0.3 is 0 Å². The second-order valence-electron chi connectivity index (χ2n) is 6.45. The highest BCUT2D eigenvalue weighted by Gasteiger charge is 2.41. The molecular weight excluding hydrogens is 262 g/mol. The summed E-state index contributed by atoms with van der Waals surface area (Å²) in [5.41, 5.74) is 2.79. The Kier molecular flexibility index (Phi) is 4.81. The molecule has 0 bridgehead atoms. The van der Waals surface area contributed by atoms with Crippen LogP contribution >= 0.6 is 0 Å². The number of nitrogens with one attached hydrogen (secondary N) is 1. The van der Waals surface area contributed by atoms with E-state index in [1.807, 2.05) is 0 Å². The van der Waals surface area contributed by atoms with Gasteiger partial charge in [0.2, 0.25) is 0 Å². The molecule has 116 valence electrons. The third-order valence-corrected chi connectivity index (χ3v) is 4.97. The maximum atomic E-state index is 6.37. The molecule has 1 aliphatic carbocycles. The van der Waals surface area contributed by atoms with Crippen LogP contribution in [0.3, 0.4) is 0 Å². The second kappa shape index (κ2) is 6.80. The van der Waals surface area contributed by atoms with E-state index < -0.39 is 0 Å². The molecule has 1 atom stereocenters. The molecule has 1 heterocycles. The summed E-state index contributed by atoms with van der Waals surface area (Å²) >= 11 is 0. The lowest BCUT2D eigenvalue weighted by Gasteiger charge is -2.24. The molecule has 21 heavy (non-hydrogen) atoms. The van der Waals surface area contributed by atoms with Crippen LogP contribution in [0.25, 0.3) is 0 Å². The molecule has 1 saturated heterocycles. The number of hydrogen-bond donors (Lipinski definition) is 1. The van der Waals surface area contributed by atoms with Crippen molar-refractivity contribution in [1.29, 1.82) is 0 Å². The molecule has 1 aromatic rings. The number of methoxy groups -OCH3 is 1. The fourth-order valence-corrected chi connectivity index (χ4v) is 3.77. The third-order valence-electron chi connectivity index (χ3n) is 4.97. The van der Waals surface area contributed by atoms with E-state index in [0.29, 0.717) is 6.10 Å². The van der Waals surface area contributed by atoms with Gasteiger partial charge in [-0.15, -0.1) is 0 Å². The molecule has 1 unspecified atom stereocenters. The van der Waals surface area contributed by atoms with Crippen LogP contribution < -0.4 is 5.32 Å². The molecule has 2 fully saturated rings. The molecular formula is C18H27NO2. The minimum absolute atomic E-state index is 0.238. The number of anilines is 1. The standard InChI is InChI=1S/C18H27NO2/c1-20-13-9-15-6-2-3-7-17(15)19-14-16-8-12-18(21-16)10-4-5-11-18/h2-3,6-7,16,19H,4-5,8-14H2,1H3. The zero-order valence-corrected chi connectivity index (χ0v) is 13.1. The zero-order chi connectivity index (χ0) is 14.5. The Balaban J connectivity index is 1.53. The van der Waals surface area contributed by atoms with Crippen LogP contribution in [0.5, 0.6) is 0 Å². The van der Waals surface area contributed by atoms with Gasteiger partial charge in [-0.2, -0.15) is 0 Å². The molecule has 1 aromatic carbocycles. The van der Waals surface area contributed by atoms with Crippen LogP contribution in [-0.4, -0.2) is 32.0 Å². The van der Waals surface area contributed by atoms with E-state index in [9.17, 15) is 0 Å². The molecule has 0 amide bonds. The summed E-state index contributed by atoms with van der Waals surface area (Å²) in [6.07, 6.45) is 9.02. The van der Waals surface area contributed by atoms with Crippen molar-refractivity contribution in [2.45, 2.75) is 56.7 Å². The fourth-order valence-electron chi connectivity index (χ4n) is 3.77. The summed E-state index contributed by atoms with van der Waals surface area (Å²) < 4.78 is 11.6. The zero-order valence-electron chi connectivity index (χ0n) is 13.1. The van der Waals surface area contributed by atoms with Crippen molar-refractivity contribution in [1.82, 2.24) is 0 Å². The highest BCUT2D eigenvalue weighted by atomic mass is 16.5. The maximum Gasteiger partial charge on any atom is 0.0756 e. The smallest absolute Gasteiger partial charge is 0.0756 e. The lowest BCUT2D eigenvalue weighted by molar-refractivity contribution is -0.0307. The highest BCUT2D eigenvalue weighted by molar-refractivity contribution is 5.51. The van der Waals surface area contributed by atoms with Gasteiger partial charge in [0.15, 0.2) is 0 Å². The first-order chi connectivity index (χ1) is 10.3. The Morgan fingerprint density at radius 2 is 2.05 bits per heavy atom. The van der Waals surface area contributed by atoms with Gasteiger partial charge in [0.1, 0.15) is 0 Å².